The van der Waals surface area contributed by atoms with Crippen molar-refractivity contribution >= 4 is 21.4 Å². The van der Waals surface area contributed by atoms with E-state index in [4.69, 9.17) is 5.73 Å². The second-order valence-electron chi connectivity index (χ2n) is 4.24. The third kappa shape index (κ3) is 4.38. The molecule has 19 heavy (non-hydrogen) atoms. The number of benzene rings is 1. The Bertz CT molecular complexity index is 517. The highest BCUT2D eigenvalue weighted by atomic mass is 32.2. The van der Waals surface area contributed by atoms with Crippen LogP contribution >= 0.6 is 0 Å². The summed E-state index contributed by atoms with van der Waals surface area (Å²) < 4.78 is 26.0. The van der Waals surface area contributed by atoms with Crippen LogP contribution in [0.4, 0.5) is 11.4 Å². The second-order valence-corrected chi connectivity index (χ2v) is 6.10. The summed E-state index contributed by atoms with van der Waals surface area (Å²) in [6.07, 6.45) is 0.844. The van der Waals surface area contributed by atoms with Crippen molar-refractivity contribution in [2.45, 2.75) is 30.8 Å². The number of hydrogen-bond acceptors (Lipinski definition) is 5. The number of hydrogen-bond donors (Lipinski definition) is 4. The Morgan fingerprint density at radius 1 is 1.42 bits per heavy atom. The number of anilines is 2. The maximum absolute atomic E-state index is 11.9. The third-order valence-corrected chi connectivity index (χ3v) is 4.28. The van der Waals surface area contributed by atoms with Crippen molar-refractivity contribution in [1.29, 1.82) is 0 Å². The zero-order chi connectivity index (χ0) is 14.5. The Balaban J connectivity index is 2.89. The van der Waals surface area contributed by atoms with Crippen LogP contribution in [0.15, 0.2) is 23.1 Å². The van der Waals surface area contributed by atoms with Crippen LogP contribution in [0.3, 0.4) is 0 Å². The van der Waals surface area contributed by atoms with Crippen LogP contribution in [0.5, 0.6) is 0 Å². The first-order valence-corrected chi connectivity index (χ1v) is 7.64. The normalized spacial score (nSPS) is 13.2. The number of nitrogen functional groups attached to an aromatic ring is 1. The van der Waals surface area contributed by atoms with Gasteiger partial charge in [0.25, 0.3) is 0 Å². The van der Waals surface area contributed by atoms with Gasteiger partial charge in [-0.25, -0.2) is 13.1 Å². The maximum Gasteiger partial charge on any atom is 0.242 e. The van der Waals surface area contributed by atoms with Crippen molar-refractivity contribution in [3.63, 3.8) is 0 Å². The molecule has 0 radical (unpaired) electrons. The first-order valence-electron chi connectivity index (χ1n) is 6.15. The lowest BCUT2D eigenvalue weighted by atomic mass is 10.2. The van der Waals surface area contributed by atoms with Crippen LogP contribution in [0.1, 0.15) is 19.8 Å². The molecule has 1 aromatic rings. The van der Waals surface area contributed by atoms with Crippen LogP contribution < -0.4 is 15.8 Å². The lowest BCUT2D eigenvalue weighted by molar-refractivity contribution is 0.164. The third-order valence-electron chi connectivity index (χ3n) is 2.83. The monoisotopic (exact) mass is 287 g/mol. The number of sulfonamides is 1. The van der Waals surface area contributed by atoms with Crippen LogP contribution in [-0.2, 0) is 10.0 Å². The van der Waals surface area contributed by atoms with Gasteiger partial charge >= 0.3 is 0 Å². The highest BCUT2D eigenvalue weighted by Gasteiger charge is 2.17. The molecule has 1 atom stereocenters. The molecule has 0 amide bonds. The summed E-state index contributed by atoms with van der Waals surface area (Å²) >= 11 is 0. The van der Waals surface area contributed by atoms with Gasteiger partial charge in [0.2, 0.25) is 10.0 Å². The molecule has 1 aromatic carbocycles. The van der Waals surface area contributed by atoms with Crippen LogP contribution in [0.25, 0.3) is 0 Å². The van der Waals surface area contributed by atoms with Crippen molar-refractivity contribution in [2.75, 3.05) is 24.6 Å². The fourth-order valence-corrected chi connectivity index (χ4v) is 2.54. The molecule has 0 heterocycles. The Labute approximate surface area is 114 Å². The molecule has 108 valence electrons. The molecule has 0 fully saturated rings. The Kier molecular flexibility index (Phi) is 5.59. The first kappa shape index (κ1) is 15.7. The molecule has 0 aliphatic carbocycles. The van der Waals surface area contributed by atoms with Gasteiger partial charge in [0.05, 0.1) is 11.8 Å². The van der Waals surface area contributed by atoms with E-state index in [-0.39, 0.29) is 11.0 Å². The van der Waals surface area contributed by atoms with E-state index >= 15 is 0 Å². The Morgan fingerprint density at radius 3 is 2.68 bits per heavy atom. The Hall–Kier alpha value is -1.31. The molecule has 0 aromatic heterocycles. The zero-order valence-corrected chi connectivity index (χ0v) is 12.0. The lowest BCUT2D eigenvalue weighted by Gasteiger charge is -2.14. The van der Waals surface area contributed by atoms with Crippen LogP contribution in [-0.4, -0.2) is 33.2 Å². The number of aliphatic hydroxyl groups is 1. The number of aliphatic hydroxyl groups excluding tert-OH is 1. The van der Waals surface area contributed by atoms with Gasteiger partial charge in [-0.15, -0.1) is 0 Å². The van der Waals surface area contributed by atoms with Gasteiger partial charge in [-0.2, -0.15) is 0 Å². The second kappa shape index (κ2) is 6.74. The van der Waals surface area contributed by atoms with E-state index in [0.717, 1.165) is 0 Å². The molecule has 0 spiro atoms. The van der Waals surface area contributed by atoms with Gasteiger partial charge in [0.15, 0.2) is 0 Å². The number of nitrogens with two attached hydrogens (primary N) is 1. The van der Waals surface area contributed by atoms with Gasteiger partial charge in [-0.3, -0.25) is 0 Å². The largest absolute Gasteiger partial charge is 0.399 e. The van der Waals surface area contributed by atoms with Crippen molar-refractivity contribution < 1.29 is 13.5 Å². The fourth-order valence-electron chi connectivity index (χ4n) is 1.59. The first-order chi connectivity index (χ1) is 8.90. The van der Waals surface area contributed by atoms with Gasteiger partial charge in [-0.05, 0) is 38.1 Å². The molecule has 6 nitrogen and oxygen atoms in total. The van der Waals surface area contributed by atoms with Crippen molar-refractivity contribution in [3.8, 4) is 0 Å². The van der Waals surface area contributed by atoms with E-state index in [1.54, 1.807) is 12.1 Å². The highest BCUT2D eigenvalue weighted by molar-refractivity contribution is 7.89. The quantitative estimate of drug-likeness (QED) is 0.554. The van der Waals surface area contributed by atoms with Crippen molar-refractivity contribution in [3.05, 3.63) is 18.2 Å². The molecular formula is C12H21N3O3S. The average Bonchev–Trinajstić information content (AvgIpc) is 2.40. The summed E-state index contributed by atoms with van der Waals surface area (Å²) in [5.74, 6) is 0. The van der Waals surface area contributed by atoms with E-state index in [9.17, 15) is 13.5 Å². The predicted octanol–water partition coefficient (Wildman–Crippen LogP) is 0.750. The average molecular weight is 287 g/mol. The summed E-state index contributed by atoms with van der Waals surface area (Å²) in [6, 6.07) is 4.66. The predicted molar refractivity (Wildman–Crippen MR) is 76.5 cm³/mol. The fraction of sp³-hybridized carbons (Fsp3) is 0.500. The molecule has 7 heteroatoms. The van der Waals surface area contributed by atoms with Gasteiger partial charge in [-0.1, -0.05) is 6.92 Å². The van der Waals surface area contributed by atoms with E-state index in [1.807, 2.05) is 6.92 Å². The van der Waals surface area contributed by atoms with Crippen LogP contribution in [0, 0.1) is 0 Å². The number of rotatable bonds is 7. The topological polar surface area (TPSA) is 104 Å². The minimum atomic E-state index is -3.56. The molecule has 0 bridgehead atoms. The molecule has 0 aliphatic heterocycles. The van der Waals surface area contributed by atoms with Gasteiger partial charge in [0.1, 0.15) is 4.90 Å². The minimum absolute atomic E-state index is 0.112. The smallest absolute Gasteiger partial charge is 0.242 e. The molecule has 0 aliphatic rings. The van der Waals surface area contributed by atoms with Crippen molar-refractivity contribution in [1.82, 2.24) is 4.72 Å². The summed E-state index contributed by atoms with van der Waals surface area (Å²) in [7, 11) is -2.21. The van der Waals surface area contributed by atoms with E-state index in [1.165, 1.54) is 13.1 Å². The molecule has 0 saturated heterocycles. The standard InChI is InChI=1S/C12H21N3O3S/c1-3-10(16)6-7-15-11-5-4-9(13)8-12(11)19(17,18)14-2/h4-5,8,10,14-16H,3,6-7,13H2,1-2H3. The highest BCUT2D eigenvalue weighted by Crippen LogP contribution is 2.23. The van der Waals surface area contributed by atoms with Crippen molar-refractivity contribution in [2.24, 2.45) is 0 Å². The Morgan fingerprint density at radius 2 is 2.11 bits per heavy atom. The maximum atomic E-state index is 11.9. The molecular weight excluding hydrogens is 266 g/mol. The molecule has 5 N–H and O–H groups in total. The van der Waals surface area contributed by atoms with Gasteiger partial charge < -0.3 is 16.2 Å². The summed E-state index contributed by atoms with van der Waals surface area (Å²) in [4.78, 5) is 0.112. The summed E-state index contributed by atoms with van der Waals surface area (Å²) in [5.41, 5.74) is 6.48. The zero-order valence-electron chi connectivity index (χ0n) is 11.2. The minimum Gasteiger partial charge on any atom is -0.399 e. The summed E-state index contributed by atoms with van der Waals surface area (Å²) in [6.45, 7) is 2.38. The number of nitrogens with one attached hydrogen (secondary N) is 2. The van der Waals surface area contributed by atoms with Crippen LogP contribution in [0.2, 0.25) is 0 Å². The molecule has 0 saturated carbocycles. The lowest BCUT2D eigenvalue weighted by Crippen LogP contribution is -2.21. The SMILES string of the molecule is CCC(O)CCNc1ccc(N)cc1S(=O)(=O)NC. The van der Waals surface area contributed by atoms with E-state index in [2.05, 4.69) is 10.0 Å². The summed E-state index contributed by atoms with van der Waals surface area (Å²) in [5, 5.41) is 12.5. The van der Waals surface area contributed by atoms with Gasteiger partial charge in [0, 0.05) is 12.2 Å². The molecule has 1 rings (SSSR count). The molecule has 1 unspecified atom stereocenters. The van der Waals surface area contributed by atoms with E-state index < -0.39 is 10.0 Å². The van der Waals surface area contributed by atoms with E-state index in [0.29, 0.717) is 30.8 Å².